The summed E-state index contributed by atoms with van der Waals surface area (Å²) in [6.07, 6.45) is 0.952. The van der Waals surface area contributed by atoms with Crippen molar-refractivity contribution in [1.29, 1.82) is 0 Å². The Morgan fingerprint density at radius 3 is 2.64 bits per heavy atom. The zero-order valence-electron chi connectivity index (χ0n) is 8.70. The van der Waals surface area contributed by atoms with Gasteiger partial charge in [-0.05, 0) is 44.8 Å². The highest BCUT2D eigenvalue weighted by Gasteiger charge is 2.12. The third-order valence-corrected chi connectivity index (χ3v) is 2.53. The highest BCUT2D eigenvalue weighted by Crippen LogP contribution is 2.23. The average molecular weight is 213 g/mol. The Balaban J connectivity index is 2.87. The predicted molar refractivity (Wildman–Crippen MR) is 61.6 cm³/mol. The molecule has 0 radical (unpaired) electrons. The van der Waals surface area contributed by atoms with Crippen LogP contribution in [0, 0.1) is 0 Å². The largest absolute Gasteiger partial charge is 0.330 e. The Bertz CT molecular complexity index is 286. The lowest BCUT2D eigenvalue weighted by Gasteiger charge is -2.24. The minimum absolute atomic E-state index is 0.360. The molecule has 1 rings (SSSR count). The molecule has 2 N–H and O–H groups in total. The summed E-state index contributed by atoms with van der Waals surface area (Å²) in [5.74, 6) is 0. The molecule has 0 amide bonds. The maximum Gasteiger partial charge on any atom is 0.0409 e. The van der Waals surface area contributed by atoms with Gasteiger partial charge in [-0.2, -0.15) is 0 Å². The number of hydrogen-bond donors (Lipinski definition) is 1. The lowest BCUT2D eigenvalue weighted by Crippen LogP contribution is -2.22. The summed E-state index contributed by atoms with van der Waals surface area (Å²) in [7, 11) is 4.11. The molecule has 1 aromatic rings. The van der Waals surface area contributed by atoms with Crippen molar-refractivity contribution in [2.75, 3.05) is 20.6 Å². The van der Waals surface area contributed by atoms with Gasteiger partial charge in [0.05, 0.1) is 0 Å². The number of rotatable bonds is 4. The first-order valence-electron chi connectivity index (χ1n) is 4.77. The molecule has 0 spiro atoms. The monoisotopic (exact) mass is 212 g/mol. The maximum absolute atomic E-state index is 5.94. The van der Waals surface area contributed by atoms with Crippen LogP contribution in [0.2, 0.25) is 5.02 Å². The Kier molecular flexibility index (Phi) is 4.39. The van der Waals surface area contributed by atoms with Crippen LogP contribution in [0.1, 0.15) is 18.0 Å². The van der Waals surface area contributed by atoms with Crippen LogP contribution >= 0.6 is 11.6 Å². The van der Waals surface area contributed by atoms with E-state index in [-0.39, 0.29) is 0 Å². The molecule has 3 heteroatoms. The quantitative estimate of drug-likeness (QED) is 0.830. The summed E-state index contributed by atoms with van der Waals surface area (Å²) >= 11 is 5.94. The van der Waals surface area contributed by atoms with Gasteiger partial charge in [0, 0.05) is 11.1 Å². The van der Waals surface area contributed by atoms with Crippen molar-refractivity contribution in [3.8, 4) is 0 Å². The molecular formula is C11H17ClN2. The summed E-state index contributed by atoms with van der Waals surface area (Å²) in [5, 5.41) is 0.784. The van der Waals surface area contributed by atoms with Gasteiger partial charge in [0.1, 0.15) is 0 Å². The van der Waals surface area contributed by atoms with E-state index in [1.807, 2.05) is 18.2 Å². The molecule has 0 saturated heterocycles. The molecule has 0 aliphatic heterocycles. The fourth-order valence-corrected chi connectivity index (χ4v) is 1.79. The van der Waals surface area contributed by atoms with Gasteiger partial charge >= 0.3 is 0 Å². The average Bonchev–Trinajstić information content (AvgIpc) is 2.13. The van der Waals surface area contributed by atoms with Crippen molar-refractivity contribution in [2.45, 2.75) is 12.5 Å². The fourth-order valence-electron chi connectivity index (χ4n) is 1.59. The molecule has 1 aromatic carbocycles. The normalized spacial score (nSPS) is 13.2. The van der Waals surface area contributed by atoms with E-state index in [9.17, 15) is 0 Å². The number of benzene rings is 1. The topological polar surface area (TPSA) is 29.3 Å². The van der Waals surface area contributed by atoms with Gasteiger partial charge in [0.15, 0.2) is 0 Å². The lowest BCUT2D eigenvalue weighted by molar-refractivity contribution is 0.287. The summed E-state index contributed by atoms with van der Waals surface area (Å²) < 4.78 is 0. The van der Waals surface area contributed by atoms with Gasteiger partial charge in [-0.25, -0.2) is 0 Å². The Labute approximate surface area is 90.7 Å². The zero-order valence-corrected chi connectivity index (χ0v) is 9.46. The van der Waals surface area contributed by atoms with Gasteiger partial charge in [-0.15, -0.1) is 0 Å². The molecule has 1 atom stereocenters. The number of nitrogens with zero attached hydrogens (tertiary/aromatic N) is 1. The second-order valence-corrected chi connectivity index (χ2v) is 4.05. The lowest BCUT2D eigenvalue weighted by atomic mass is 10.0. The maximum atomic E-state index is 5.94. The van der Waals surface area contributed by atoms with Gasteiger partial charge in [-0.3, -0.25) is 0 Å². The number of nitrogens with two attached hydrogens (primary N) is 1. The third kappa shape index (κ3) is 2.98. The summed E-state index contributed by atoms with van der Waals surface area (Å²) in [5.41, 5.74) is 6.81. The van der Waals surface area contributed by atoms with E-state index in [1.54, 1.807) is 0 Å². The standard InChI is InChI=1S/C11H17ClN2/c1-14(2)11(6-7-13)9-4-3-5-10(12)8-9/h3-5,8,11H,6-7,13H2,1-2H3/t11-/m1/s1. The van der Waals surface area contributed by atoms with Gasteiger partial charge < -0.3 is 10.6 Å². The van der Waals surface area contributed by atoms with E-state index in [2.05, 4.69) is 25.1 Å². The smallest absolute Gasteiger partial charge is 0.0409 e. The van der Waals surface area contributed by atoms with E-state index in [1.165, 1.54) is 5.56 Å². The van der Waals surface area contributed by atoms with E-state index in [4.69, 9.17) is 17.3 Å². The van der Waals surface area contributed by atoms with Crippen LogP contribution in [-0.2, 0) is 0 Å². The van der Waals surface area contributed by atoms with Crippen LogP contribution in [-0.4, -0.2) is 25.5 Å². The Morgan fingerprint density at radius 2 is 2.14 bits per heavy atom. The van der Waals surface area contributed by atoms with Crippen molar-refractivity contribution in [2.24, 2.45) is 5.73 Å². The molecule has 0 bridgehead atoms. The Hall–Kier alpha value is -0.570. The highest BCUT2D eigenvalue weighted by atomic mass is 35.5. The molecule has 0 fully saturated rings. The minimum Gasteiger partial charge on any atom is -0.330 e. The van der Waals surface area contributed by atoms with Crippen LogP contribution in [0.4, 0.5) is 0 Å². The zero-order chi connectivity index (χ0) is 10.6. The second kappa shape index (κ2) is 5.35. The fraction of sp³-hybridized carbons (Fsp3) is 0.455. The molecule has 2 nitrogen and oxygen atoms in total. The minimum atomic E-state index is 0.360. The third-order valence-electron chi connectivity index (χ3n) is 2.30. The van der Waals surface area contributed by atoms with E-state index in [0.717, 1.165) is 11.4 Å². The van der Waals surface area contributed by atoms with Crippen LogP contribution in [0.15, 0.2) is 24.3 Å². The van der Waals surface area contributed by atoms with Crippen LogP contribution in [0.5, 0.6) is 0 Å². The second-order valence-electron chi connectivity index (χ2n) is 3.61. The molecule has 0 saturated carbocycles. The van der Waals surface area contributed by atoms with Crippen molar-refractivity contribution in [3.05, 3.63) is 34.9 Å². The summed E-state index contributed by atoms with van der Waals surface area (Å²) in [6.45, 7) is 0.690. The van der Waals surface area contributed by atoms with Crippen LogP contribution in [0.3, 0.4) is 0 Å². The molecular weight excluding hydrogens is 196 g/mol. The van der Waals surface area contributed by atoms with Gasteiger partial charge in [0.2, 0.25) is 0 Å². The SMILES string of the molecule is CN(C)[C@H](CCN)c1cccc(Cl)c1. The molecule has 78 valence electrons. The van der Waals surface area contributed by atoms with E-state index in [0.29, 0.717) is 12.6 Å². The molecule has 0 heterocycles. The van der Waals surface area contributed by atoms with Crippen LogP contribution in [0.25, 0.3) is 0 Å². The summed E-state index contributed by atoms with van der Waals surface area (Å²) in [4.78, 5) is 2.17. The van der Waals surface area contributed by atoms with Crippen molar-refractivity contribution < 1.29 is 0 Å². The molecule has 0 unspecified atom stereocenters. The van der Waals surface area contributed by atoms with Crippen molar-refractivity contribution >= 4 is 11.6 Å². The van der Waals surface area contributed by atoms with Crippen LogP contribution < -0.4 is 5.73 Å². The van der Waals surface area contributed by atoms with Gasteiger partial charge in [-0.1, -0.05) is 23.7 Å². The first kappa shape index (κ1) is 11.5. The van der Waals surface area contributed by atoms with E-state index >= 15 is 0 Å². The van der Waals surface area contributed by atoms with Gasteiger partial charge in [0.25, 0.3) is 0 Å². The summed E-state index contributed by atoms with van der Waals surface area (Å²) in [6, 6.07) is 8.32. The van der Waals surface area contributed by atoms with Crippen molar-refractivity contribution in [1.82, 2.24) is 4.90 Å². The molecule has 0 aliphatic rings. The highest BCUT2D eigenvalue weighted by molar-refractivity contribution is 6.30. The Morgan fingerprint density at radius 1 is 1.43 bits per heavy atom. The molecule has 14 heavy (non-hydrogen) atoms. The first-order valence-corrected chi connectivity index (χ1v) is 5.15. The number of halogens is 1. The van der Waals surface area contributed by atoms with E-state index < -0.39 is 0 Å². The number of hydrogen-bond acceptors (Lipinski definition) is 2. The van der Waals surface area contributed by atoms with Crippen molar-refractivity contribution in [3.63, 3.8) is 0 Å². The molecule has 0 aliphatic carbocycles. The molecule has 0 aromatic heterocycles. The first-order chi connectivity index (χ1) is 6.65. The predicted octanol–water partition coefficient (Wildman–Crippen LogP) is 2.29.